The van der Waals surface area contributed by atoms with Gasteiger partial charge in [-0.1, -0.05) is 13.8 Å². The lowest BCUT2D eigenvalue weighted by atomic mass is 9.95. The SMILES string of the molecule is COc1cc(-c2[nH]nc(-c3ncc(C4CCN(CC(C)(C)O)CC4)s3)c2C(C)C)cn2ncnc12. The van der Waals surface area contributed by atoms with Gasteiger partial charge in [-0.05, 0) is 57.7 Å². The van der Waals surface area contributed by atoms with Gasteiger partial charge in [0, 0.05) is 34.9 Å². The molecule has 0 radical (unpaired) electrons. The summed E-state index contributed by atoms with van der Waals surface area (Å²) in [7, 11) is 1.64. The van der Waals surface area contributed by atoms with Gasteiger partial charge < -0.3 is 14.7 Å². The first-order valence-corrected chi connectivity index (χ1v) is 12.9. The molecule has 1 fully saturated rings. The second-order valence-electron chi connectivity index (χ2n) is 10.3. The molecule has 9 nitrogen and oxygen atoms in total. The number of pyridine rings is 1. The molecule has 1 aliphatic rings. The molecule has 4 aromatic rings. The normalized spacial score (nSPS) is 16.0. The molecule has 0 amide bonds. The van der Waals surface area contributed by atoms with Gasteiger partial charge in [-0.15, -0.1) is 11.3 Å². The minimum absolute atomic E-state index is 0.244. The molecule has 0 atom stereocenters. The topological polar surface area (TPSA) is 104 Å². The largest absolute Gasteiger partial charge is 0.493 e. The maximum absolute atomic E-state index is 10.1. The Kier molecular flexibility index (Phi) is 6.37. The third-order valence-corrected chi connectivity index (χ3v) is 7.72. The van der Waals surface area contributed by atoms with Gasteiger partial charge in [0.15, 0.2) is 11.4 Å². The Labute approximate surface area is 209 Å². The van der Waals surface area contributed by atoms with E-state index >= 15 is 0 Å². The van der Waals surface area contributed by atoms with Gasteiger partial charge in [-0.3, -0.25) is 5.10 Å². The van der Waals surface area contributed by atoms with Gasteiger partial charge in [0.2, 0.25) is 0 Å². The van der Waals surface area contributed by atoms with Crippen LogP contribution < -0.4 is 4.74 Å². The summed E-state index contributed by atoms with van der Waals surface area (Å²) in [6.45, 7) is 10.8. The molecule has 0 saturated carbocycles. The zero-order valence-electron chi connectivity index (χ0n) is 20.9. The monoisotopic (exact) mass is 495 g/mol. The van der Waals surface area contributed by atoms with Crippen LogP contribution in [0.3, 0.4) is 0 Å². The predicted molar refractivity (Wildman–Crippen MR) is 137 cm³/mol. The van der Waals surface area contributed by atoms with Crippen molar-refractivity contribution < 1.29 is 9.84 Å². The van der Waals surface area contributed by atoms with Crippen molar-refractivity contribution in [3.8, 4) is 27.7 Å². The number of H-pyrrole nitrogens is 1. The van der Waals surface area contributed by atoms with E-state index in [0.29, 0.717) is 23.9 Å². The van der Waals surface area contributed by atoms with Crippen molar-refractivity contribution in [2.24, 2.45) is 0 Å². The fourth-order valence-electron chi connectivity index (χ4n) is 4.99. The molecule has 1 saturated heterocycles. The highest BCUT2D eigenvalue weighted by Gasteiger charge is 2.27. The lowest BCUT2D eigenvalue weighted by molar-refractivity contribution is 0.0283. The number of nitrogens with zero attached hydrogens (tertiary/aromatic N) is 6. The van der Waals surface area contributed by atoms with Crippen LogP contribution in [0.15, 0.2) is 24.8 Å². The molecule has 0 spiro atoms. The summed E-state index contributed by atoms with van der Waals surface area (Å²) in [5, 5.41) is 23.4. The standard InChI is InChI=1S/C25H33N7O2S/c1-15(2)20-21(17-10-18(34-5)23-27-14-28-32(23)12-17)29-30-22(20)24-26-11-19(35-24)16-6-8-31(9-7-16)13-25(3,4)33/h10-12,14-16,33H,6-9,13H2,1-5H3,(H,29,30). The second-order valence-corrected chi connectivity index (χ2v) is 11.3. The summed E-state index contributed by atoms with van der Waals surface area (Å²) in [4.78, 5) is 12.7. The van der Waals surface area contributed by atoms with E-state index in [4.69, 9.17) is 14.8 Å². The van der Waals surface area contributed by atoms with Gasteiger partial charge in [0.25, 0.3) is 0 Å². The number of likely N-dealkylation sites (tertiary alicyclic amines) is 1. The molecule has 0 bridgehead atoms. The number of β-amino-alcohol motifs (C(OH)–C–C–N with tert-alkyl or cyclic N) is 1. The molecule has 4 aromatic heterocycles. The number of rotatable bonds is 7. The van der Waals surface area contributed by atoms with Crippen molar-refractivity contribution in [2.75, 3.05) is 26.7 Å². The molecule has 10 heteroatoms. The number of aromatic nitrogens is 6. The van der Waals surface area contributed by atoms with E-state index < -0.39 is 5.60 Å². The van der Waals surface area contributed by atoms with Crippen LogP contribution in [0.1, 0.15) is 62.8 Å². The van der Waals surface area contributed by atoms with Gasteiger partial charge in [-0.2, -0.15) is 10.2 Å². The third kappa shape index (κ3) is 4.82. The molecule has 0 aliphatic carbocycles. The lowest BCUT2D eigenvalue weighted by Gasteiger charge is -2.34. The summed E-state index contributed by atoms with van der Waals surface area (Å²) in [5.74, 6) is 1.41. The fraction of sp³-hybridized carbons (Fsp3) is 0.520. The van der Waals surface area contributed by atoms with E-state index in [0.717, 1.165) is 53.5 Å². The van der Waals surface area contributed by atoms with Crippen LogP contribution in [0, 0.1) is 0 Å². The minimum Gasteiger partial charge on any atom is -0.493 e. The summed E-state index contributed by atoms with van der Waals surface area (Å²) >= 11 is 1.74. The Morgan fingerprint density at radius 3 is 2.71 bits per heavy atom. The van der Waals surface area contributed by atoms with Crippen LogP contribution >= 0.6 is 11.3 Å². The Bertz CT molecular complexity index is 1310. The highest BCUT2D eigenvalue weighted by molar-refractivity contribution is 7.15. The van der Waals surface area contributed by atoms with Crippen LogP contribution in [-0.2, 0) is 0 Å². The molecular formula is C25H33N7O2S. The lowest BCUT2D eigenvalue weighted by Crippen LogP contribution is -2.42. The van der Waals surface area contributed by atoms with Gasteiger partial charge in [0.05, 0.1) is 18.4 Å². The molecule has 5 heterocycles. The quantitative estimate of drug-likeness (QED) is 0.393. The number of ether oxygens (including phenoxy) is 1. The number of methoxy groups -OCH3 is 1. The van der Waals surface area contributed by atoms with E-state index in [9.17, 15) is 5.11 Å². The highest BCUT2D eigenvalue weighted by Crippen LogP contribution is 2.40. The molecule has 0 aromatic carbocycles. The fourth-order valence-corrected chi connectivity index (χ4v) is 6.07. The molecule has 5 rings (SSSR count). The zero-order chi connectivity index (χ0) is 24.7. The number of aliphatic hydroxyl groups is 1. The third-order valence-electron chi connectivity index (χ3n) is 6.56. The van der Waals surface area contributed by atoms with E-state index in [1.165, 1.54) is 11.2 Å². The molecule has 0 unspecified atom stereocenters. The number of hydrogen-bond acceptors (Lipinski definition) is 8. The highest BCUT2D eigenvalue weighted by atomic mass is 32.1. The van der Waals surface area contributed by atoms with Gasteiger partial charge >= 0.3 is 0 Å². The Balaban J connectivity index is 1.42. The first-order chi connectivity index (χ1) is 16.7. The number of thiazole rings is 1. The van der Waals surface area contributed by atoms with Crippen molar-refractivity contribution in [3.05, 3.63) is 35.2 Å². The van der Waals surface area contributed by atoms with Crippen LogP contribution in [0.5, 0.6) is 5.75 Å². The summed E-state index contributed by atoms with van der Waals surface area (Å²) < 4.78 is 7.29. The average molecular weight is 496 g/mol. The molecule has 186 valence electrons. The van der Waals surface area contributed by atoms with Crippen molar-refractivity contribution >= 4 is 17.0 Å². The maximum Gasteiger partial charge on any atom is 0.197 e. The van der Waals surface area contributed by atoms with Gasteiger partial charge in [-0.25, -0.2) is 14.5 Å². The molecule has 35 heavy (non-hydrogen) atoms. The molecule has 2 N–H and O–H groups in total. The van der Waals surface area contributed by atoms with Crippen LogP contribution in [-0.4, -0.2) is 72.1 Å². The van der Waals surface area contributed by atoms with Crippen LogP contribution in [0.25, 0.3) is 27.6 Å². The van der Waals surface area contributed by atoms with E-state index in [1.54, 1.807) is 23.0 Å². The Hall–Kier alpha value is -2.82. The number of piperidine rings is 1. The molecular weight excluding hydrogens is 462 g/mol. The second kappa shape index (κ2) is 9.33. The summed E-state index contributed by atoms with van der Waals surface area (Å²) in [6.07, 6.45) is 7.66. The zero-order valence-corrected chi connectivity index (χ0v) is 21.8. The minimum atomic E-state index is -0.655. The van der Waals surface area contributed by atoms with Crippen LogP contribution in [0.4, 0.5) is 0 Å². The summed E-state index contributed by atoms with van der Waals surface area (Å²) in [6, 6.07) is 1.97. The van der Waals surface area contributed by atoms with E-state index in [2.05, 4.69) is 33.9 Å². The Morgan fingerprint density at radius 1 is 1.26 bits per heavy atom. The predicted octanol–water partition coefficient (Wildman–Crippen LogP) is 4.33. The van der Waals surface area contributed by atoms with Gasteiger partial charge in [0.1, 0.15) is 17.0 Å². The molecule has 1 aliphatic heterocycles. The van der Waals surface area contributed by atoms with E-state index in [1.807, 2.05) is 32.3 Å². The average Bonchev–Trinajstić information content (AvgIpc) is 3.56. The first kappa shape index (κ1) is 23.9. The number of nitrogens with one attached hydrogen (secondary N) is 1. The van der Waals surface area contributed by atoms with Crippen molar-refractivity contribution in [3.63, 3.8) is 0 Å². The number of aromatic amines is 1. The van der Waals surface area contributed by atoms with E-state index in [-0.39, 0.29) is 5.92 Å². The number of hydrogen-bond donors (Lipinski definition) is 2. The number of fused-ring (bicyclic) bond motifs is 1. The van der Waals surface area contributed by atoms with Crippen molar-refractivity contribution in [1.82, 2.24) is 34.7 Å². The first-order valence-electron chi connectivity index (χ1n) is 12.1. The van der Waals surface area contributed by atoms with Crippen molar-refractivity contribution in [1.29, 1.82) is 0 Å². The van der Waals surface area contributed by atoms with Crippen molar-refractivity contribution in [2.45, 2.75) is 58.0 Å². The smallest absolute Gasteiger partial charge is 0.197 e. The van der Waals surface area contributed by atoms with Crippen LogP contribution in [0.2, 0.25) is 0 Å². The Morgan fingerprint density at radius 2 is 2.03 bits per heavy atom. The summed E-state index contributed by atoms with van der Waals surface area (Å²) in [5.41, 5.74) is 3.95. The maximum atomic E-state index is 10.1.